The molecule has 1 heterocycles. The molecule has 2 aromatic carbocycles. The van der Waals surface area contributed by atoms with Gasteiger partial charge in [-0.2, -0.15) is 0 Å². The maximum Gasteiger partial charge on any atom is 0.262 e. The Bertz CT molecular complexity index is 670. The molecular weight excluding hydrogens is 252 g/mol. The molecule has 1 amide bonds. The van der Waals surface area contributed by atoms with Crippen LogP contribution in [-0.2, 0) is 4.79 Å². The molecule has 1 aliphatic rings. The van der Waals surface area contributed by atoms with E-state index >= 15 is 0 Å². The molecule has 0 aromatic heterocycles. The third-order valence-electron chi connectivity index (χ3n) is 2.87. The lowest BCUT2D eigenvalue weighted by Crippen LogP contribution is -2.25. The van der Waals surface area contributed by atoms with E-state index in [2.05, 4.69) is 5.32 Å². The standard InChI is InChI=1S/C14H9F2NO2/c15-10-3-1-8(5-11(10)16)9-2-4-12-13(6-9)19-7-14(18)17-12/h1-6H,7H2,(H,17,18). The fourth-order valence-corrected chi connectivity index (χ4v) is 1.93. The van der Waals surface area contributed by atoms with Crippen LogP contribution in [0.4, 0.5) is 14.5 Å². The van der Waals surface area contributed by atoms with Crippen molar-refractivity contribution in [2.24, 2.45) is 0 Å². The van der Waals surface area contributed by atoms with Crippen molar-refractivity contribution in [3.05, 3.63) is 48.0 Å². The SMILES string of the molecule is O=C1COc2cc(-c3ccc(F)c(F)c3)ccc2N1. The minimum absolute atomic E-state index is 0.0474. The van der Waals surface area contributed by atoms with E-state index in [9.17, 15) is 13.6 Å². The topological polar surface area (TPSA) is 38.3 Å². The van der Waals surface area contributed by atoms with Gasteiger partial charge < -0.3 is 10.1 Å². The molecule has 96 valence electrons. The van der Waals surface area contributed by atoms with Crippen molar-refractivity contribution in [3.8, 4) is 16.9 Å². The van der Waals surface area contributed by atoms with E-state index < -0.39 is 11.6 Å². The summed E-state index contributed by atoms with van der Waals surface area (Å²) in [6.45, 7) is -0.0474. The van der Waals surface area contributed by atoms with Crippen LogP contribution in [0.1, 0.15) is 0 Å². The van der Waals surface area contributed by atoms with Crippen LogP contribution in [0.5, 0.6) is 5.75 Å². The van der Waals surface area contributed by atoms with Crippen molar-refractivity contribution >= 4 is 11.6 Å². The fraction of sp³-hybridized carbons (Fsp3) is 0.0714. The van der Waals surface area contributed by atoms with Crippen LogP contribution in [0.3, 0.4) is 0 Å². The van der Waals surface area contributed by atoms with Crippen molar-refractivity contribution in [1.82, 2.24) is 0 Å². The van der Waals surface area contributed by atoms with Crippen LogP contribution in [0, 0.1) is 11.6 Å². The second-order valence-corrected chi connectivity index (χ2v) is 4.18. The third kappa shape index (κ3) is 2.14. The van der Waals surface area contributed by atoms with E-state index in [1.165, 1.54) is 6.07 Å². The predicted octanol–water partition coefficient (Wildman–Crippen LogP) is 2.96. The monoisotopic (exact) mass is 261 g/mol. The first kappa shape index (κ1) is 11.6. The molecule has 0 unspecified atom stereocenters. The van der Waals surface area contributed by atoms with Gasteiger partial charge in [0.05, 0.1) is 5.69 Å². The molecule has 0 radical (unpaired) electrons. The normalized spacial score (nSPS) is 13.5. The van der Waals surface area contributed by atoms with Crippen LogP contribution in [-0.4, -0.2) is 12.5 Å². The number of ether oxygens (including phenoxy) is 1. The van der Waals surface area contributed by atoms with Gasteiger partial charge in [0.2, 0.25) is 0 Å². The summed E-state index contributed by atoms with van der Waals surface area (Å²) in [4.78, 5) is 11.1. The van der Waals surface area contributed by atoms with Crippen LogP contribution in [0.2, 0.25) is 0 Å². The molecule has 2 aromatic rings. The highest BCUT2D eigenvalue weighted by Gasteiger charge is 2.16. The zero-order valence-corrected chi connectivity index (χ0v) is 9.74. The summed E-state index contributed by atoms with van der Waals surface area (Å²) in [5.74, 6) is -1.48. The number of hydrogen-bond donors (Lipinski definition) is 1. The molecule has 5 heteroatoms. The Kier molecular flexibility index (Phi) is 2.67. The summed E-state index contributed by atoms with van der Waals surface area (Å²) in [5.41, 5.74) is 1.80. The lowest BCUT2D eigenvalue weighted by atomic mass is 10.0. The first-order valence-corrected chi connectivity index (χ1v) is 5.65. The smallest absolute Gasteiger partial charge is 0.262 e. The molecule has 0 saturated heterocycles. The molecule has 0 spiro atoms. The number of anilines is 1. The molecule has 1 N–H and O–H groups in total. The van der Waals surface area contributed by atoms with Crippen molar-refractivity contribution in [2.45, 2.75) is 0 Å². The van der Waals surface area contributed by atoms with E-state index in [0.717, 1.165) is 12.1 Å². The predicted molar refractivity (Wildman–Crippen MR) is 65.9 cm³/mol. The zero-order valence-electron chi connectivity index (χ0n) is 9.74. The molecule has 0 fully saturated rings. The Morgan fingerprint density at radius 1 is 1.00 bits per heavy atom. The summed E-state index contributed by atoms with van der Waals surface area (Å²) in [6.07, 6.45) is 0. The van der Waals surface area contributed by atoms with Gasteiger partial charge in [-0.15, -0.1) is 0 Å². The third-order valence-corrected chi connectivity index (χ3v) is 2.87. The molecule has 0 atom stereocenters. The number of carbonyl (C=O) groups excluding carboxylic acids is 1. The van der Waals surface area contributed by atoms with Crippen LogP contribution >= 0.6 is 0 Å². The van der Waals surface area contributed by atoms with E-state index in [0.29, 0.717) is 22.6 Å². The van der Waals surface area contributed by atoms with Gasteiger partial charge in [-0.05, 0) is 35.4 Å². The highest BCUT2D eigenvalue weighted by Crippen LogP contribution is 2.33. The Balaban J connectivity index is 2.02. The van der Waals surface area contributed by atoms with Crippen molar-refractivity contribution in [1.29, 1.82) is 0 Å². The van der Waals surface area contributed by atoms with Crippen molar-refractivity contribution in [2.75, 3.05) is 11.9 Å². The lowest BCUT2D eigenvalue weighted by molar-refractivity contribution is -0.118. The van der Waals surface area contributed by atoms with Crippen LogP contribution < -0.4 is 10.1 Å². The number of nitrogens with one attached hydrogen (secondary N) is 1. The molecule has 1 aliphatic heterocycles. The number of carbonyl (C=O) groups is 1. The average Bonchev–Trinajstić information content (AvgIpc) is 2.41. The number of benzene rings is 2. The summed E-state index contributed by atoms with van der Waals surface area (Å²) in [7, 11) is 0. The Hall–Kier alpha value is -2.43. The molecule has 0 saturated carbocycles. The molecule has 0 aliphatic carbocycles. The van der Waals surface area contributed by atoms with Gasteiger partial charge in [0.25, 0.3) is 5.91 Å². The Labute approximate surface area is 107 Å². The second kappa shape index (κ2) is 4.35. The first-order chi connectivity index (χ1) is 9.13. The summed E-state index contributed by atoms with van der Waals surface area (Å²) in [6, 6.07) is 8.75. The van der Waals surface area contributed by atoms with Crippen molar-refractivity contribution in [3.63, 3.8) is 0 Å². The first-order valence-electron chi connectivity index (χ1n) is 5.65. The fourth-order valence-electron chi connectivity index (χ4n) is 1.93. The highest BCUT2D eigenvalue weighted by molar-refractivity contribution is 5.95. The van der Waals surface area contributed by atoms with E-state index in [1.54, 1.807) is 18.2 Å². The molecular formula is C14H9F2NO2. The number of fused-ring (bicyclic) bond motifs is 1. The van der Waals surface area contributed by atoms with Crippen molar-refractivity contribution < 1.29 is 18.3 Å². The van der Waals surface area contributed by atoms with Crippen LogP contribution in [0.15, 0.2) is 36.4 Å². The van der Waals surface area contributed by atoms with Gasteiger partial charge >= 0.3 is 0 Å². The van der Waals surface area contributed by atoms with Gasteiger partial charge in [-0.3, -0.25) is 4.79 Å². The number of halogens is 2. The zero-order chi connectivity index (χ0) is 13.4. The Morgan fingerprint density at radius 3 is 2.53 bits per heavy atom. The van der Waals surface area contributed by atoms with Crippen LogP contribution in [0.25, 0.3) is 11.1 Å². The van der Waals surface area contributed by atoms with Gasteiger partial charge in [0.1, 0.15) is 5.75 Å². The molecule has 0 bridgehead atoms. The number of rotatable bonds is 1. The van der Waals surface area contributed by atoms with E-state index in [1.807, 2.05) is 0 Å². The van der Waals surface area contributed by atoms with Gasteiger partial charge in [-0.1, -0.05) is 12.1 Å². The maximum atomic E-state index is 13.2. The molecule has 3 nitrogen and oxygen atoms in total. The highest BCUT2D eigenvalue weighted by atomic mass is 19.2. The van der Waals surface area contributed by atoms with E-state index in [-0.39, 0.29) is 12.5 Å². The van der Waals surface area contributed by atoms with Gasteiger partial charge in [-0.25, -0.2) is 8.78 Å². The maximum absolute atomic E-state index is 13.2. The quantitative estimate of drug-likeness (QED) is 0.857. The minimum atomic E-state index is -0.899. The number of hydrogen-bond acceptors (Lipinski definition) is 2. The second-order valence-electron chi connectivity index (χ2n) is 4.18. The summed E-state index contributed by atoms with van der Waals surface area (Å²) in [5, 5.41) is 2.66. The van der Waals surface area contributed by atoms with Gasteiger partial charge in [0, 0.05) is 0 Å². The van der Waals surface area contributed by atoms with E-state index in [4.69, 9.17) is 4.74 Å². The largest absolute Gasteiger partial charge is 0.482 e. The van der Waals surface area contributed by atoms with Gasteiger partial charge in [0.15, 0.2) is 18.2 Å². The minimum Gasteiger partial charge on any atom is -0.482 e. The summed E-state index contributed by atoms with van der Waals surface area (Å²) >= 11 is 0. The Morgan fingerprint density at radius 2 is 1.74 bits per heavy atom. The molecule has 3 rings (SSSR count). The molecule has 19 heavy (non-hydrogen) atoms. The number of amides is 1. The average molecular weight is 261 g/mol. The summed E-state index contributed by atoms with van der Waals surface area (Å²) < 4.78 is 31.3. The lowest BCUT2D eigenvalue weighted by Gasteiger charge is -2.18.